The number of aromatic nitrogens is 2. The van der Waals surface area contributed by atoms with E-state index in [1.807, 2.05) is 6.07 Å². The number of amides is 1. The molecule has 5 nitrogen and oxygen atoms in total. The quantitative estimate of drug-likeness (QED) is 0.694. The summed E-state index contributed by atoms with van der Waals surface area (Å²) in [4.78, 5) is 20.6. The molecule has 0 aliphatic heterocycles. The molecule has 0 saturated heterocycles. The van der Waals surface area contributed by atoms with Gasteiger partial charge >= 0.3 is 0 Å². The van der Waals surface area contributed by atoms with Crippen molar-refractivity contribution in [2.75, 3.05) is 13.6 Å². The Kier molecular flexibility index (Phi) is 3.56. The van der Waals surface area contributed by atoms with Crippen molar-refractivity contribution < 1.29 is 4.79 Å². The average Bonchev–Trinajstić information content (AvgIpc) is 2.26. The van der Waals surface area contributed by atoms with E-state index in [1.165, 1.54) is 23.6 Å². The lowest BCUT2D eigenvalue weighted by atomic mass is 10.3. The number of rotatable bonds is 3. The first-order chi connectivity index (χ1) is 6.75. The summed E-state index contributed by atoms with van der Waals surface area (Å²) < 4.78 is 0. The minimum absolute atomic E-state index is 0.166. The smallest absolute Gasteiger partial charge is 0.256 e. The molecule has 0 radical (unpaired) electrons. The molecular formula is C9H10N4O. The van der Waals surface area contributed by atoms with Crippen LogP contribution >= 0.6 is 0 Å². The molecule has 0 saturated carbocycles. The lowest BCUT2D eigenvalue weighted by Crippen LogP contribution is -2.27. The molecule has 1 amide bonds. The van der Waals surface area contributed by atoms with E-state index in [9.17, 15) is 4.79 Å². The normalized spacial score (nSPS) is 9.14. The van der Waals surface area contributed by atoms with Gasteiger partial charge < -0.3 is 4.90 Å². The van der Waals surface area contributed by atoms with Gasteiger partial charge in [0.25, 0.3) is 5.91 Å². The Morgan fingerprint density at radius 2 is 2.21 bits per heavy atom. The van der Waals surface area contributed by atoms with Crippen LogP contribution in [-0.2, 0) is 0 Å². The predicted molar refractivity (Wildman–Crippen MR) is 49.2 cm³/mol. The molecule has 0 aromatic carbocycles. The number of nitrogens with zero attached hydrogens (tertiary/aromatic N) is 4. The van der Waals surface area contributed by atoms with Crippen molar-refractivity contribution in [3.05, 3.63) is 24.3 Å². The van der Waals surface area contributed by atoms with Crippen molar-refractivity contribution >= 4 is 5.91 Å². The maximum absolute atomic E-state index is 11.6. The number of nitriles is 1. The second-order valence-electron chi connectivity index (χ2n) is 2.76. The third kappa shape index (κ3) is 2.52. The van der Waals surface area contributed by atoms with Crippen LogP contribution < -0.4 is 0 Å². The molecule has 0 aliphatic rings. The molecule has 14 heavy (non-hydrogen) atoms. The number of carbonyl (C=O) groups excluding carboxylic acids is 1. The lowest BCUT2D eigenvalue weighted by Gasteiger charge is -2.14. The maximum Gasteiger partial charge on any atom is 0.256 e. The summed E-state index contributed by atoms with van der Waals surface area (Å²) >= 11 is 0. The Bertz CT molecular complexity index is 344. The minimum Gasteiger partial charge on any atom is -0.341 e. The fourth-order valence-corrected chi connectivity index (χ4v) is 0.949. The van der Waals surface area contributed by atoms with Gasteiger partial charge in [0.1, 0.15) is 6.33 Å². The Labute approximate surface area is 82.0 Å². The summed E-state index contributed by atoms with van der Waals surface area (Å²) in [6.07, 6.45) is 4.61. The monoisotopic (exact) mass is 190 g/mol. The van der Waals surface area contributed by atoms with Gasteiger partial charge in [0, 0.05) is 26.0 Å². The van der Waals surface area contributed by atoms with Gasteiger partial charge in [-0.05, 0) is 0 Å². The van der Waals surface area contributed by atoms with Crippen LogP contribution in [0, 0.1) is 11.3 Å². The topological polar surface area (TPSA) is 69.9 Å². The molecule has 1 rings (SSSR count). The molecule has 0 unspecified atom stereocenters. The van der Waals surface area contributed by atoms with Gasteiger partial charge in [-0.15, -0.1) is 0 Å². The van der Waals surface area contributed by atoms with E-state index >= 15 is 0 Å². The first-order valence-electron chi connectivity index (χ1n) is 4.13. The first kappa shape index (κ1) is 10.1. The Morgan fingerprint density at radius 3 is 2.79 bits per heavy atom. The number of hydrogen-bond acceptors (Lipinski definition) is 4. The van der Waals surface area contributed by atoms with Gasteiger partial charge in [-0.2, -0.15) is 5.26 Å². The van der Waals surface area contributed by atoms with Crippen LogP contribution in [0.25, 0.3) is 0 Å². The largest absolute Gasteiger partial charge is 0.341 e. The zero-order valence-corrected chi connectivity index (χ0v) is 7.84. The van der Waals surface area contributed by atoms with E-state index < -0.39 is 0 Å². The average molecular weight is 190 g/mol. The summed E-state index contributed by atoms with van der Waals surface area (Å²) in [5, 5.41) is 8.35. The van der Waals surface area contributed by atoms with Crippen LogP contribution in [0.15, 0.2) is 18.7 Å². The molecule has 5 heteroatoms. The molecular weight excluding hydrogens is 180 g/mol. The fraction of sp³-hybridized carbons (Fsp3) is 0.333. The highest BCUT2D eigenvalue weighted by molar-refractivity contribution is 5.93. The van der Waals surface area contributed by atoms with Gasteiger partial charge in [0.05, 0.1) is 18.1 Å². The van der Waals surface area contributed by atoms with Crippen molar-refractivity contribution in [1.29, 1.82) is 5.26 Å². The van der Waals surface area contributed by atoms with Gasteiger partial charge in [-0.1, -0.05) is 0 Å². The van der Waals surface area contributed by atoms with Gasteiger partial charge in [-0.3, -0.25) is 4.79 Å². The van der Waals surface area contributed by atoms with Crippen LogP contribution in [0.2, 0.25) is 0 Å². The van der Waals surface area contributed by atoms with E-state index in [-0.39, 0.29) is 5.91 Å². The molecule has 72 valence electrons. The molecule has 1 heterocycles. The predicted octanol–water partition coefficient (Wildman–Crippen LogP) is 0.462. The Morgan fingerprint density at radius 1 is 1.57 bits per heavy atom. The van der Waals surface area contributed by atoms with Gasteiger partial charge in [0.15, 0.2) is 0 Å². The van der Waals surface area contributed by atoms with Gasteiger partial charge in [0.2, 0.25) is 0 Å². The molecule has 1 aromatic heterocycles. The molecule has 1 aromatic rings. The van der Waals surface area contributed by atoms with Crippen LogP contribution in [0.1, 0.15) is 16.8 Å². The van der Waals surface area contributed by atoms with E-state index in [0.717, 1.165) is 0 Å². The van der Waals surface area contributed by atoms with Crippen molar-refractivity contribution in [2.45, 2.75) is 6.42 Å². The molecule has 0 bridgehead atoms. The molecule has 0 aliphatic carbocycles. The minimum atomic E-state index is -0.166. The summed E-state index contributed by atoms with van der Waals surface area (Å²) in [6, 6.07) is 1.98. The highest BCUT2D eigenvalue weighted by Crippen LogP contribution is 1.99. The number of hydrogen-bond donors (Lipinski definition) is 0. The Balaban J connectivity index is 2.63. The number of carbonyl (C=O) groups is 1. The third-order valence-electron chi connectivity index (χ3n) is 1.71. The zero-order chi connectivity index (χ0) is 10.4. The summed E-state index contributed by atoms with van der Waals surface area (Å²) in [7, 11) is 1.65. The highest BCUT2D eigenvalue weighted by atomic mass is 16.2. The highest BCUT2D eigenvalue weighted by Gasteiger charge is 2.10. The summed E-state index contributed by atoms with van der Waals surface area (Å²) in [5.41, 5.74) is 0.438. The molecule has 0 spiro atoms. The van der Waals surface area contributed by atoms with E-state index in [0.29, 0.717) is 18.5 Å². The second kappa shape index (κ2) is 4.92. The van der Waals surface area contributed by atoms with E-state index in [1.54, 1.807) is 7.05 Å². The summed E-state index contributed by atoms with van der Waals surface area (Å²) in [6.45, 7) is 0.421. The standard InChI is InChI=1S/C9H10N4O/c1-13(4-2-3-10)9(14)8-5-11-7-12-6-8/h5-7H,2,4H2,1H3. The lowest BCUT2D eigenvalue weighted by molar-refractivity contribution is 0.0797. The fourth-order valence-electron chi connectivity index (χ4n) is 0.949. The molecule has 0 fully saturated rings. The maximum atomic E-state index is 11.6. The van der Waals surface area contributed by atoms with Crippen LogP contribution in [0.4, 0.5) is 0 Å². The SMILES string of the molecule is CN(CCC#N)C(=O)c1cncnc1. The van der Waals surface area contributed by atoms with Crippen LogP contribution in [0.3, 0.4) is 0 Å². The van der Waals surface area contributed by atoms with Crippen LogP contribution in [-0.4, -0.2) is 34.4 Å². The molecule has 0 N–H and O–H groups in total. The first-order valence-corrected chi connectivity index (χ1v) is 4.13. The third-order valence-corrected chi connectivity index (χ3v) is 1.71. The van der Waals surface area contributed by atoms with Crippen LogP contribution in [0.5, 0.6) is 0 Å². The van der Waals surface area contributed by atoms with Crippen molar-refractivity contribution in [3.8, 4) is 6.07 Å². The summed E-state index contributed by atoms with van der Waals surface area (Å²) in [5.74, 6) is -0.166. The molecule has 0 atom stereocenters. The zero-order valence-electron chi connectivity index (χ0n) is 7.84. The van der Waals surface area contributed by atoms with Crippen molar-refractivity contribution in [1.82, 2.24) is 14.9 Å². The van der Waals surface area contributed by atoms with Crippen molar-refractivity contribution in [3.63, 3.8) is 0 Å². The van der Waals surface area contributed by atoms with Crippen molar-refractivity contribution in [2.24, 2.45) is 0 Å². The van der Waals surface area contributed by atoms with Gasteiger partial charge in [-0.25, -0.2) is 9.97 Å². The van der Waals surface area contributed by atoms with E-state index in [2.05, 4.69) is 9.97 Å². The Hall–Kier alpha value is -1.96. The second-order valence-corrected chi connectivity index (χ2v) is 2.76. The van der Waals surface area contributed by atoms with E-state index in [4.69, 9.17) is 5.26 Å².